The molecule has 1 aromatic rings. The van der Waals surface area contributed by atoms with Crippen molar-refractivity contribution in [2.24, 2.45) is 0 Å². The summed E-state index contributed by atoms with van der Waals surface area (Å²) < 4.78 is 13.3. The first kappa shape index (κ1) is 12.7. The van der Waals surface area contributed by atoms with Gasteiger partial charge < -0.3 is 5.32 Å². The third-order valence-corrected chi connectivity index (χ3v) is 2.95. The zero-order valence-corrected chi connectivity index (χ0v) is 10.6. The first-order valence-corrected chi connectivity index (χ1v) is 6.42. The van der Waals surface area contributed by atoms with Crippen LogP contribution in [0.5, 0.6) is 0 Å². The number of rotatable bonds is 6. The molecule has 3 heteroatoms. The van der Waals surface area contributed by atoms with Crippen molar-refractivity contribution in [2.75, 3.05) is 5.33 Å². The van der Waals surface area contributed by atoms with Crippen molar-refractivity contribution >= 4 is 15.9 Å². The molecule has 0 aliphatic heterocycles. The second-order valence-corrected chi connectivity index (χ2v) is 4.35. The summed E-state index contributed by atoms with van der Waals surface area (Å²) in [6.45, 7) is 2.75. The molecule has 84 valence electrons. The lowest BCUT2D eigenvalue weighted by atomic mass is 10.1. The molecule has 1 aromatic carbocycles. The van der Waals surface area contributed by atoms with Crippen molar-refractivity contribution in [1.29, 1.82) is 0 Å². The Kier molecular flexibility index (Phi) is 5.88. The van der Waals surface area contributed by atoms with Crippen molar-refractivity contribution in [3.05, 3.63) is 35.6 Å². The summed E-state index contributed by atoms with van der Waals surface area (Å²) >= 11 is 3.42. The van der Waals surface area contributed by atoms with Gasteiger partial charge in [-0.1, -0.05) is 41.1 Å². The summed E-state index contributed by atoms with van der Waals surface area (Å²) in [6, 6.07) is 7.37. The molecule has 0 aromatic heterocycles. The van der Waals surface area contributed by atoms with Crippen molar-refractivity contribution < 1.29 is 4.39 Å². The third kappa shape index (κ3) is 4.31. The van der Waals surface area contributed by atoms with Gasteiger partial charge >= 0.3 is 0 Å². The van der Waals surface area contributed by atoms with Gasteiger partial charge in [-0.05, 0) is 18.9 Å². The van der Waals surface area contributed by atoms with Gasteiger partial charge in [-0.25, -0.2) is 4.39 Å². The Morgan fingerprint density at radius 1 is 1.40 bits per heavy atom. The maximum Gasteiger partial charge on any atom is 0.127 e. The average Bonchev–Trinajstić information content (AvgIpc) is 2.26. The topological polar surface area (TPSA) is 12.0 Å². The van der Waals surface area contributed by atoms with Crippen LogP contribution in [0.4, 0.5) is 4.39 Å². The average molecular weight is 274 g/mol. The molecule has 0 fully saturated rings. The predicted molar refractivity (Wildman–Crippen MR) is 65.7 cm³/mol. The zero-order chi connectivity index (χ0) is 11.1. The quantitative estimate of drug-likeness (QED) is 0.783. The molecule has 1 unspecified atom stereocenters. The van der Waals surface area contributed by atoms with E-state index >= 15 is 0 Å². The lowest BCUT2D eigenvalue weighted by Gasteiger charge is -2.15. The number of hydrogen-bond acceptors (Lipinski definition) is 1. The van der Waals surface area contributed by atoms with E-state index in [2.05, 4.69) is 28.2 Å². The van der Waals surface area contributed by atoms with E-state index in [9.17, 15) is 4.39 Å². The Morgan fingerprint density at radius 2 is 2.13 bits per heavy atom. The standard InChI is InChI=1S/C12H17BrFN/c1-2-11(7-8-13)15-9-10-5-3-4-6-12(10)14/h3-6,11,15H,2,7-9H2,1H3. The summed E-state index contributed by atoms with van der Waals surface area (Å²) in [5, 5.41) is 4.34. The fraction of sp³-hybridized carbons (Fsp3) is 0.500. The Morgan fingerprint density at radius 3 is 2.73 bits per heavy atom. The van der Waals surface area contributed by atoms with Gasteiger partial charge in [0.1, 0.15) is 5.82 Å². The molecule has 1 rings (SSSR count). The fourth-order valence-corrected chi connectivity index (χ4v) is 2.03. The number of hydrogen-bond donors (Lipinski definition) is 1. The van der Waals surface area contributed by atoms with Crippen molar-refractivity contribution in [1.82, 2.24) is 5.32 Å². The number of alkyl halides is 1. The van der Waals surface area contributed by atoms with Crippen LogP contribution in [0.1, 0.15) is 25.3 Å². The highest BCUT2D eigenvalue weighted by Gasteiger charge is 2.06. The van der Waals surface area contributed by atoms with Crippen LogP contribution in [0, 0.1) is 5.82 Å². The summed E-state index contributed by atoms with van der Waals surface area (Å²) in [4.78, 5) is 0. The van der Waals surface area contributed by atoms with Gasteiger partial charge in [-0.15, -0.1) is 0 Å². The van der Waals surface area contributed by atoms with Crippen LogP contribution in [0.2, 0.25) is 0 Å². The van der Waals surface area contributed by atoms with E-state index in [-0.39, 0.29) is 5.82 Å². The molecule has 0 radical (unpaired) electrons. The number of nitrogens with one attached hydrogen (secondary N) is 1. The van der Waals surface area contributed by atoms with E-state index < -0.39 is 0 Å². The zero-order valence-electron chi connectivity index (χ0n) is 8.97. The lowest BCUT2D eigenvalue weighted by molar-refractivity contribution is 0.478. The van der Waals surface area contributed by atoms with Gasteiger partial charge in [0.25, 0.3) is 0 Å². The van der Waals surface area contributed by atoms with Gasteiger partial charge in [0.15, 0.2) is 0 Å². The number of benzene rings is 1. The Hall–Kier alpha value is -0.410. The van der Waals surface area contributed by atoms with Crippen molar-refractivity contribution in [3.8, 4) is 0 Å². The molecule has 0 aliphatic carbocycles. The normalized spacial score (nSPS) is 12.7. The van der Waals surface area contributed by atoms with Crippen molar-refractivity contribution in [2.45, 2.75) is 32.4 Å². The Labute approximate surface area is 99.2 Å². The van der Waals surface area contributed by atoms with Crippen LogP contribution >= 0.6 is 15.9 Å². The summed E-state index contributed by atoms with van der Waals surface area (Å²) in [5.74, 6) is -0.126. The highest BCUT2D eigenvalue weighted by atomic mass is 79.9. The predicted octanol–water partition coefficient (Wildman–Crippen LogP) is 3.48. The molecular weight excluding hydrogens is 257 g/mol. The first-order chi connectivity index (χ1) is 7.27. The molecule has 0 aliphatic rings. The molecule has 0 saturated heterocycles. The minimum absolute atomic E-state index is 0.126. The van der Waals surface area contributed by atoms with E-state index in [1.165, 1.54) is 6.07 Å². The van der Waals surface area contributed by atoms with Crippen molar-refractivity contribution in [3.63, 3.8) is 0 Å². The molecular formula is C12H17BrFN. The summed E-state index contributed by atoms with van der Waals surface area (Å²) in [6.07, 6.45) is 2.14. The first-order valence-electron chi connectivity index (χ1n) is 5.30. The lowest BCUT2D eigenvalue weighted by Crippen LogP contribution is -2.28. The second kappa shape index (κ2) is 6.96. The fourth-order valence-electron chi connectivity index (χ4n) is 1.48. The molecule has 0 saturated carbocycles. The van der Waals surface area contributed by atoms with E-state index in [1.54, 1.807) is 6.07 Å². The van der Waals surface area contributed by atoms with E-state index in [0.29, 0.717) is 12.6 Å². The Balaban J connectivity index is 2.45. The van der Waals surface area contributed by atoms with E-state index in [4.69, 9.17) is 0 Å². The minimum Gasteiger partial charge on any atom is -0.310 e. The molecule has 0 heterocycles. The SMILES string of the molecule is CCC(CCBr)NCc1ccccc1F. The Bertz CT molecular complexity index is 291. The van der Waals surface area contributed by atoms with Gasteiger partial charge in [-0.3, -0.25) is 0 Å². The van der Waals surface area contributed by atoms with Gasteiger partial charge in [0.2, 0.25) is 0 Å². The van der Waals surface area contributed by atoms with Crippen LogP contribution in [0.3, 0.4) is 0 Å². The molecule has 1 atom stereocenters. The molecule has 0 spiro atoms. The second-order valence-electron chi connectivity index (χ2n) is 3.56. The molecule has 0 bridgehead atoms. The van der Waals surface area contributed by atoms with Crippen LogP contribution in [-0.4, -0.2) is 11.4 Å². The van der Waals surface area contributed by atoms with Crippen LogP contribution in [0.25, 0.3) is 0 Å². The van der Waals surface area contributed by atoms with Crippen LogP contribution < -0.4 is 5.32 Å². The highest BCUT2D eigenvalue weighted by molar-refractivity contribution is 9.09. The monoisotopic (exact) mass is 273 g/mol. The third-order valence-electron chi connectivity index (χ3n) is 2.49. The maximum atomic E-state index is 13.3. The molecule has 0 amide bonds. The highest BCUT2D eigenvalue weighted by Crippen LogP contribution is 2.07. The maximum absolute atomic E-state index is 13.3. The largest absolute Gasteiger partial charge is 0.310 e. The smallest absolute Gasteiger partial charge is 0.127 e. The van der Waals surface area contributed by atoms with E-state index in [1.807, 2.05) is 12.1 Å². The minimum atomic E-state index is -0.126. The summed E-state index contributed by atoms with van der Waals surface area (Å²) in [5.41, 5.74) is 0.741. The number of halogens is 2. The molecule has 15 heavy (non-hydrogen) atoms. The summed E-state index contributed by atoms with van der Waals surface area (Å²) in [7, 11) is 0. The van der Waals surface area contributed by atoms with Crippen LogP contribution in [0.15, 0.2) is 24.3 Å². The van der Waals surface area contributed by atoms with E-state index in [0.717, 1.165) is 23.7 Å². The van der Waals surface area contributed by atoms with Gasteiger partial charge in [-0.2, -0.15) is 0 Å². The molecule has 1 N–H and O–H groups in total. The molecule has 1 nitrogen and oxygen atoms in total. The van der Waals surface area contributed by atoms with Gasteiger partial charge in [0, 0.05) is 23.5 Å². The van der Waals surface area contributed by atoms with Gasteiger partial charge in [0.05, 0.1) is 0 Å². The van der Waals surface area contributed by atoms with Crippen LogP contribution in [-0.2, 0) is 6.54 Å².